The van der Waals surface area contributed by atoms with Crippen molar-refractivity contribution in [2.75, 3.05) is 13.2 Å². The second kappa shape index (κ2) is 7.19. The van der Waals surface area contributed by atoms with E-state index in [9.17, 15) is 0 Å². The molecule has 0 saturated heterocycles. The summed E-state index contributed by atoms with van der Waals surface area (Å²) in [6.07, 6.45) is 5.62. The lowest BCUT2D eigenvalue weighted by atomic mass is 10.1. The second-order valence-electron chi connectivity index (χ2n) is 5.68. The molecule has 0 bridgehead atoms. The van der Waals surface area contributed by atoms with Crippen LogP contribution in [0, 0.1) is 0 Å². The molecular formula is C19H19N3O2S. The number of nitrogens with zero attached hydrogens (tertiary/aromatic N) is 3. The van der Waals surface area contributed by atoms with E-state index >= 15 is 0 Å². The molecule has 0 unspecified atom stereocenters. The average molecular weight is 353 g/mol. The minimum atomic E-state index is 0.593. The van der Waals surface area contributed by atoms with E-state index in [1.165, 1.54) is 5.56 Å². The fourth-order valence-electron chi connectivity index (χ4n) is 2.84. The maximum atomic E-state index is 5.70. The van der Waals surface area contributed by atoms with Crippen LogP contribution in [0.25, 0.3) is 11.3 Å². The summed E-state index contributed by atoms with van der Waals surface area (Å²) in [6.45, 7) is 4.19. The Bertz CT molecular complexity index is 864. The first-order chi connectivity index (χ1) is 12.3. The summed E-state index contributed by atoms with van der Waals surface area (Å²) >= 11 is 1.72. The Labute approximate surface area is 151 Å². The van der Waals surface area contributed by atoms with Crippen LogP contribution in [0.1, 0.15) is 12.5 Å². The van der Waals surface area contributed by atoms with E-state index in [2.05, 4.69) is 33.6 Å². The van der Waals surface area contributed by atoms with Gasteiger partial charge in [-0.05, 0) is 36.8 Å². The Kier molecular flexibility index (Phi) is 4.61. The van der Waals surface area contributed by atoms with E-state index in [1.807, 2.05) is 30.6 Å². The average Bonchev–Trinajstić information content (AvgIpc) is 3.09. The van der Waals surface area contributed by atoms with Gasteiger partial charge in [-0.25, -0.2) is 4.98 Å². The summed E-state index contributed by atoms with van der Waals surface area (Å²) in [5.41, 5.74) is 3.37. The number of thioether (sulfide) groups is 1. The molecule has 5 nitrogen and oxygen atoms in total. The first kappa shape index (κ1) is 16.0. The molecule has 1 aromatic carbocycles. The van der Waals surface area contributed by atoms with Crippen LogP contribution in [-0.4, -0.2) is 27.7 Å². The van der Waals surface area contributed by atoms with Crippen molar-refractivity contribution < 1.29 is 9.47 Å². The van der Waals surface area contributed by atoms with Crippen molar-refractivity contribution in [3.8, 4) is 22.8 Å². The van der Waals surface area contributed by atoms with E-state index in [1.54, 1.807) is 18.0 Å². The standard InChI is InChI=1S/C19H19N3O2S/c1-2-22-16(15-5-6-17-18(10-15)24-9-8-23-17)12-21-19(22)25-13-14-4-3-7-20-11-14/h3-7,10-12H,2,8-9,13H2,1H3. The Morgan fingerprint density at radius 3 is 2.80 bits per heavy atom. The highest BCUT2D eigenvalue weighted by molar-refractivity contribution is 7.98. The van der Waals surface area contributed by atoms with Crippen molar-refractivity contribution in [2.45, 2.75) is 24.4 Å². The van der Waals surface area contributed by atoms with Gasteiger partial charge >= 0.3 is 0 Å². The summed E-state index contributed by atoms with van der Waals surface area (Å²) in [5, 5.41) is 1.01. The molecule has 25 heavy (non-hydrogen) atoms. The largest absolute Gasteiger partial charge is 0.486 e. The maximum Gasteiger partial charge on any atom is 0.168 e. The summed E-state index contributed by atoms with van der Waals surface area (Å²) in [6, 6.07) is 10.1. The Morgan fingerprint density at radius 1 is 1.12 bits per heavy atom. The van der Waals surface area contributed by atoms with Crippen LogP contribution in [0.4, 0.5) is 0 Å². The van der Waals surface area contributed by atoms with Crippen molar-refractivity contribution in [1.82, 2.24) is 14.5 Å². The minimum Gasteiger partial charge on any atom is -0.486 e. The SMILES string of the molecule is CCn1c(-c2ccc3c(c2)OCCO3)cnc1SCc1cccnc1. The topological polar surface area (TPSA) is 49.2 Å². The molecule has 0 atom stereocenters. The third kappa shape index (κ3) is 3.35. The van der Waals surface area contributed by atoms with Crippen molar-refractivity contribution in [1.29, 1.82) is 0 Å². The molecule has 1 aliphatic heterocycles. The molecule has 2 aromatic heterocycles. The predicted octanol–water partition coefficient (Wildman–Crippen LogP) is 4.03. The molecular weight excluding hydrogens is 334 g/mol. The number of aromatic nitrogens is 3. The van der Waals surface area contributed by atoms with Gasteiger partial charge in [0.2, 0.25) is 0 Å². The second-order valence-corrected chi connectivity index (χ2v) is 6.62. The molecule has 0 spiro atoms. The van der Waals surface area contributed by atoms with Crippen molar-refractivity contribution in [3.05, 3.63) is 54.5 Å². The number of ether oxygens (including phenoxy) is 2. The lowest BCUT2D eigenvalue weighted by molar-refractivity contribution is 0.171. The molecule has 3 aromatic rings. The van der Waals surface area contributed by atoms with Gasteiger partial charge in [-0.3, -0.25) is 4.98 Å². The molecule has 0 N–H and O–H groups in total. The highest BCUT2D eigenvalue weighted by Crippen LogP contribution is 2.35. The Morgan fingerprint density at radius 2 is 2.00 bits per heavy atom. The third-order valence-electron chi connectivity index (χ3n) is 4.06. The van der Waals surface area contributed by atoms with Gasteiger partial charge in [0.25, 0.3) is 0 Å². The minimum absolute atomic E-state index is 0.593. The number of pyridine rings is 1. The summed E-state index contributed by atoms with van der Waals surface area (Å²) in [5.74, 6) is 2.46. The molecule has 6 heteroatoms. The monoisotopic (exact) mass is 353 g/mol. The van der Waals surface area contributed by atoms with Gasteiger partial charge in [-0.15, -0.1) is 0 Å². The van der Waals surface area contributed by atoms with E-state index < -0.39 is 0 Å². The predicted molar refractivity (Wildman–Crippen MR) is 98.1 cm³/mol. The van der Waals surface area contributed by atoms with Gasteiger partial charge in [0.15, 0.2) is 16.7 Å². The smallest absolute Gasteiger partial charge is 0.168 e. The zero-order chi connectivity index (χ0) is 17.1. The maximum absolute atomic E-state index is 5.70. The van der Waals surface area contributed by atoms with Gasteiger partial charge in [0.05, 0.1) is 11.9 Å². The van der Waals surface area contributed by atoms with Crippen LogP contribution in [0.2, 0.25) is 0 Å². The molecule has 0 saturated carbocycles. The molecule has 128 valence electrons. The van der Waals surface area contributed by atoms with Gasteiger partial charge in [-0.2, -0.15) is 0 Å². The summed E-state index contributed by atoms with van der Waals surface area (Å²) in [7, 11) is 0. The van der Waals surface area contributed by atoms with Crippen molar-refractivity contribution in [3.63, 3.8) is 0 Å². The third-order valence-corrected chi connectivity index (χ3v) is 5.13. The number of rotatable bonds is 5. The number of hydrogen-bond acceptors (Lipinski definition) is 5. The van der Waals surface area contributed by atoms with Crippen LogP contribution in [-0.2, 0) is 12.3 Å². The number of fused-ring (bicyclic) bond motifs is 1. The molecule has 4 rings (SSSR count). The fourth-order valence-corrected chi connectivity index (χ4v) is 3.82. The normalized spacial score (nSPS) is 13.0. The first-order valence-electron chi connectivity index (χ1n) is 8.32. The highest BCUT2D eigenvalue weighted by atomic mass is 32.2. The quantitative estimate of drug-likeness (QED) is 0.648. The molecule has 1 aliphatic rings. The summed E-state index contributed by atoms with van der Waals surface area (Å²) in [4.78, 5) is 8.79. The Hall–Kier alpha value is -2.47. The van der Waals surface area contributed by atoms with Crippen LogP contribution < -0.4 is 9.47 Å². The van der Waals surface area contributed by atoms with Crippen LogP contribution in [0.5, 0.6) is 11.5 Å². The molecule has 0 fully saturated rings. The molecule has 0 radical (unpaired) electrons. The number of hydrogen-bond donors (Lipinski definition) is 0. The number of imidazole rings is 1. The lowest BCUT2D eigenvalue weighted by Gasteiger charge is -2.19. The number of benzene rings is 1. The van der Waals surface area contributed by atoms with Gasteiger partial charge < -0.3 is 14.0 Å². The zero-order valence-electron chi connectivity index (χ0n) is 14.0. The molecule has 0 aliphatic carbocycles. The lowest BCUT2D eigenvalue weighted by Crippen LogP contribution is -2.15. The highest BCUT2D eigenvalue weighted by Gasteiger charge is 2.16. The van der Waals surface area contributed by atoms with Gasteiger partial charge in [0, 0.05) is 30.3 Å². The van der Waals surface area contributed by atoms with E-state index in [-0.39, 0.29) is 0 Å². The molecule has 0 amide bonds. The zero-order valence-corrected chi connectivity index (χ0v) is 14.8. The first-order valence-corrected chi connectivity index (χ1v) is 9.31. The Balaban J connectivity index is 1.59. The summed E-state index contributed by atoms with van der Waals surface area (Å²) < 4.78 is 13.5. The van der Waals surface area contributed by atoms with E-state index in [0.717, 1.165) is 40.2 Å². The van der Waals surface area contributed by atoms with Gasteiger partial charge in [-0.1, -0.05) is 17.8 Å². The van der Waals surface area contributed by atoms with Crippen molar-refractivity contribution >= 4 is 11.8 Å². The van der Waals surface area contributed by atoms with E-state index in [4.69, 9.17) is 9.47 Å². The van der Waals surface area contributed by atoms with Crippen molar-refractivity contribution in [2.24, 2.45) is 0 Å². The van der Waals surface area contributed by atoms with Crippen LogP contribution >= 0.6 is 11.8 Å². The van der Waals surface area contributed by atoms with Crippen LogP contribution in [0.15, 0.2) is 54.1 Å². The molecule has 3 heterocycles. The van der Waals surface area contributed by atoms with E-state index in [0.29, 0.717) is 13.2 Å². The fraction of sp³-hybridized carbons (Fsp3) is 0.263. The van der Waals surface area contributed by atoms with Gasteiger partial charge in [0.1, 0.15) is 13.2 Å². The van der Waals surface area contributed by atoms with Crippen LogP contribution in [0.3, 0.4) is 0 Å².